The maximum atomic E-state index is 13.0. The Morgan fingerprint density at radius 1 is 1.19 bits per heavy atom. The van der Waals surface area contributed by atoms with Crippen LogP contribution in [-0.4, -0.2) is 30.4 Å². The first-order valence-corrected chi connectivity index (χ1v) is 8.34. The molecule has 0 unspecified atom stereocenters. The quantitative estimate of drug-likeness (QED) is 0.275. The third-order valence-corrected chi connectivity index (χ3v) is 3.65. The Labute approximate surface area is 148 Å². The molecule has 2 aromatic carbocycles. The second-order valence-corrected chi connectivity index (χ2v) is 6.19. The van der Waals surface area contributed by atoms with E-state index in [1.165, 1.54) is 29.7 Å². The zero-order valence-corrected chi connectivity index (χ0v) is 14.3. The Hall–Kier alpha value is -2.89. The number of rotatable bonds is 3. The van der Waals surface area contributed by atoms with E-state index in [2.05, 4.69) is 10.2 Å². The number of hydroxylamine groups is 1. The molecule has 0 aliphatic heterocycles. The highest BCUT2D eigenvalue weighted by Crippen LogP contribution is 2.09. The molecule has 0 bridgehead atoms. The molecule has 11 heteroatoms. The van der Waals surface area contributed by atoms with Gasteiger partial charge in [-0.25, -0.2) is 14.3 Å². The first-order chi connectivity index (χ1) is 12.1. The molecule has 140 valence electrons. The summed E-state index contributed by atoms with van der Waals surface area (Å²) in [4.78, 5) is -0.0666. The predicted molar refractivity (Wildman–Crippen MR) is 91.5 cm³/mol. The number of aryl methyl sites for hydroxylation is 1. The van der Waals surface area contributed by atoms with Crippen molar-refractivity contribution in [2.45, 2.75) is 11.8 Å². The van der Waals surface area contributed by atoms with E-state index in [0.29, 0.717) is 0 Å². The van der Waals surface area contributed by atoms with Gasteiger partial charge in [-0.1, -0.05) is 29.8 Å². The van der Waals surface area contributed by atoms with Gasteiger partial charge in [-0.2, -0.15) is 13.5 Å². The molecular formula is C15H16F2N4O4S. The third kappa shape index (κ3) is 6.93. The molecule has 0 aliphatic rings. The fraction of sp³-hybridized carbons (Fsp3) is 0.0667. The first kappa shape index (κ1) is 21.2. The Bertz CT molecular complexity index is 900. The second-order valence-electron chi connectivity index (χ2n) is 4.77. The van der Waals surface area contributed by atoms with Gasteiger partial charge in [0.05, 0.1) is 11.1 Å². The van der Waals surface area contributed by atoms with Crippen molar-refractivity contribution >= 4 is 22.3 Å². The smallest absolute Gasteiger partial charge is 0.294 e. The Balaban J connectivity index is 0.000000273. The number of guanidine groups is 1. The van der Waals surface area contributed by atoms with Crippen LogP contribution < -0.4 is 11.2 Å². The van der Waals surface area contributed by atoms with Gasteiger partial charge in [-0.05, 0) is 25.1 Å². The summed E-state index contributed by atoms with van der Waals surface area (Å²) < 4.78 is 55.2. The average Bonchev–Trinajstić information content (AvgIpc) is 2.58. The summed E-state index contributed by atoms with van der Waals surface area (Å²) in [5.74, 6) is -2.36. The van der Waals surface area contributed by atoms with Crippen LogP contribution in [0.5, 0.6) is 0 Å². The molecule has 0 spiro atoms. The summed E-state index contributed by atoms with van der Waals surface area (Å²) >= 11 is 0. The largest absolute Gasteiger partial charge is 0.367 e. The molecule has 5 N–H and O–H groups in total. The highest BCUT2D eigenvalue weighted by atomic mass is 32.2. The molecule has 0 aliphatic carbocycles. The Kier molecular flexibility index (Phi) is 7.77. The van der Waals surface area contributed by atoms with Crippen molar-refractivity contribution in [3.05, 3.63) is 65.2 Å². The minimum Gasteiger partial charge on any atom is -0.367 e. The standard InChI is InChI=1S/C8H8F2N4O.C7H8O3S/c9-6-3-1-2-5(7(6)10)4-12-13-8(11)14-15;1-6-2-4-7(5-3-6)11(8,9)10/h1-4,15H,(H3,11,13,14);2-5H,1H3,(H,8,9,10). The van der Waals surface area contributed by atoms with Gasteiger partial charge in [0.15, 0.2) is 11.6 Å². The van der Waals surface area contributed by atoms with Gasteiger partial charge in [0, 0.05) is 5.56 Å². The van der Waals surface area contributed by atoms with Crippen molar-refractivity contribution in [2.24, 2.45) is 15.9 Å². The van der Waals surface area contributed by atoms with E-state index < -0.39 is 21.8 Å². The molecule has 0 aromatic heterocycles. The van der Waals surface area contributed by atoms with Crippen LogP contribution in [0.25, 0.3) is 0 Å². The van der Waals surface area contributed by atoms with Gasteiger partial charge in [0.1, 0.15) is 0 Å². The predicted octanol–water partition coefficient (Wildman–Crippen LogP) is 1.83. The number of nitrogens with two attached hydrogens (primary N) is 1. The lowest BCUT2D eigenvalue weighted by atomic mass is 10.2. The molecule has 2 aromatic rings. The van der Waals surface area contributed by atoms with E-state index >= 15 is 0 Å². The van der Waals surface area contributed by atoms with Crippen molar-refractivity contribution in [2.75, 3.05) is 0 Å². The molecule has 0 radical (unpaired) electrons. The van der Waals surface area contributed by atoms with Crippen molar-refractivity contribution in [1.29, 1.82) is 0 Å². The molecule has 0 atom stereocenters. The molecule has 2 rings (SSSR count). The van der Waals surface area contributed by atoms with Crippen LogP contribution in [0.2, 0.25) is 0 Å². The van der Waals surface area contributed by atoms with Crippen LogP contribution in [-0.2, 0) is 10.1 Å². The van der Waals surface area contributed by atoms with Crippen LogP contribution in [0.15, 0.2) is 57.6 Å². The van der Waals surface area contributed by atoms with E-state index in [4.69, 9.17) is 15.5 Å². The lowest BCUT2D eigenvalue weighted by Crippen LogP contribution is -2.27. The maximum Gasteiger partial charge on any atom is 0.294 e. The minimum atomic E-state index is -4.02. The van der Waals surface area contributed by atoms with E-state index in [1.54, 1.807) is 12.1 Å². The van der Waals surface area contributed by atoms with Gasteiger partial charge in [-0.3, -0.25) is 9.76 Å². The lowest BCUT2D eigenvalue weighted by molar-refractivity contribution is 0.232. The van der Waals surface area contributed by atoms with Crippen molar-refractivity contribution in [1.82, 2.24) is 5.48 Å². The SMILES string of the molecule is Cc1ccc(S(=O)(=O)O)cc1.NC(=NN=Cc1cccc(F)c1F)NO. The van der Waals surface area contributed by atoms with Crippen LogP contribution >= 0.6 is 0 Å². The van der Waals surface area contributed by atoms with E-state index in [-0.39, 0.29) is 16.4 Å². The topological polar surface area (TPSA) is 137 Å². The average molecular weight is 386 g/mol. The van der Waals surface area contributed by atoms with Crippen molar-refractivity contribution < 1.29 is 27.0 Å². The van der Waals surface area contributed by atoms with Gasteiger partial charge in [0.25, 0.3) is 10.1 Å². The summed E-state index contributed by atoms with van der Waals surface area (Å²) in [6.45, 7) is 1.84. The number of nitrogens with zero attached hydrogens (tertiary/aromatic N) is 2. The highest BCUT2D eigenvalue weighted by Gasteiger charge is 2.07. The number of nitrogens with one attached hydrogen (secondary N) is 1. The van der Waals surface area contributed by atoms with Gasteiger partial charge in [-0.15, -0.1) is 5.10 Å². The van der Waals surface area contributed by atoms with E-state index in [1.807, 2.05) is 6.92 Å². The van der Waals surface area contributed by atoms with E-state index in [0.717, 1.165) is 17.8 Å². The highest BCUT2D eigenvalue weighted by molar-refractivity contribution is 7.85. The molecule has 0 heterocycles. The summed E-state index contributed by atoms with van der Waals surface area (Å²) in [5, 5.41) is 14.8. The molecule has 8 nitrogen and oxygen atoms in total. The number of halogens is 2. The molecule has 26 heavy (non-hydrogen) atoms. The van der Waals surface area contributed by atoms with Crippen LogP contribution in [0.4, 0.5) is 8.78 Å². The van der Waals surface area contributed by atoms with Crippen molar-refractivity contribution in [3.8, 4) is 0 Å². The summed E-state index contributed by atoms with van der Waals surface area (Å²) in [6.07, 6.45) is 0.975. The summed E-state index contributed by atoms with van der Waals surface area (Å²) in [5.41, 5.74) is 7.43. The van der Waals surface area contributed by atoms with Crippen LogP contribution in [0.3, 0.4) is 0 Å². The fourth-order valence-corrected chi connectivity index (χ4v) is 1.99. The van der Waals surface area contributed by atoms with E-state index in [9.17, 15) is 17.2 Å². The van der Waals surface area contributed by atoms with Gasteiger partial charge < -0.3 is 5.73 Å². The fourth-order valence-electron chi connectivity index (χ4n) is 1.51. The van der Waals surface area contributed by atoms with Gasteiger partial charge in [0.2, 0.25) is 5.96 Å². The first-order valence-electron chi connectivity index (χ1n) is 6.90. The Morgan fingerprint density at radius 3 is 2.35 bits per heavy atom. The molecule has 0 fully saturated rings. The number of hydrogen-bond donors (Lipinski definition) is 4. The number of benzene rings is 2. The summed E-state index contributed by atoms with van der Waals surface area (Å²) in [6, 6.07) is 9.62. The minimum absolute atomic E-state index is 0.0653. The number of hydrogen-bond acceptors (Lipinski definition) is 5. The lowest BCUT2D eigenvalue weighted by Gasteiger charge is -1.95. The summed E-state index contributed by atoms with van der Waals surface area (Å²) in [7, 11) is -4.02. The van der Waals surface area contributed by atoms with Crippen molar-refractivity contribution in [3.63, 3.8) is 0 Å². The zero-order chi connectivity index (χ0) is 19.7. The maximum absolute atomic E-state index is 13.0. The zero-order valence-electron chi connectivity index (χ0n) is 13.5. The molecule has 0 saturated heterocycles. The Morgan fingerprint density at radius 2 is 1.81 bits per heavy atom. The normalized spacial score (nSPS) is 11.8. The second kappa shape index (κ2) is 9.56. The van der Waals surface area contributed by atoms with Gasteiger partial charge >= 0.3 is 0 Å². The molecular weight excluding hydrogens is 370 g/mol. The third-order valence-electron chi connectivity index (χ3n) is 2.78. The monoisotopic (exact) mass is 386 g/mol. The molecule has 0 amide bonds. The van der Waals surface area contributed by atoms with Crippen LogP contribution in [0.1, 0.15) is 11.1 Å². The van der Waals surface area contributed by atoms with Crippen LogP contribution in [0, 0.1) is 18.6 Å². The molecule has 0 saturated carbocycles.